The number of pyridine rings is 1. The zero-order valence-electron chi connectivity index (χ0n) is 11.6. The Balaban J connectivity index is 1.50. The third kappa shape index (κ3) is 2.28. The first-order valence-corrected chi connectivity index (χ1v) is 8.73. The van der Waals surface area contributed by atoms with Crippen molar-refractivity contribution in [2.45, 2.75) is 36.9 Å². The Hall–Kier alpha value is -0.890. The smallest absolute Gasteiger partial charge is 0.0705 e. The molecular formula is C18H20BrN. The second-order valence-corrected chi connectivity index (χ2v) is 7.58. The maximum absolute atomic E-state index is 4.81. The van der Waals surface area contributed by atoms with Crippen LogP contribution in [0, 0.1) is 17.8 Å². The van der Waals surface area contributed by atoms with Crippen molar-refractivity contribution in [3.05, 3.63) is 42.1 Å². The first kappa shape index (κ1) is 12.8. The van der Waals surface area contributed by atoms with Gasteiger partial charge in [-0.05, 0) is 42.7 Å². The molecule has 2 aliphatic carbocycles. The highest BCUT2D eigenvalue weighted by Crippen LogP contribution is 2.58. The quantitative estimate of drug-likeness (QED) is 0.724. The van der Waals surface area contributed by atoms with Crippen LogP contribution in [-0.2, 0) is 6.42 Å². The van der Waals surface area contributed by atoms with Crippen molar-refractivity contribution >= 4 is 26.8 Å². The Labute approximate surface area is 128 Å². The van der Waals surface area contributed by atoms with Crippen molar-refractivity contribution in [3.8, 4) is 0 Å². The molecule has 0 amide bonds. The molecule has 0 N–H and O–H groups in total. The third-order valence-electron chi connectivity index (χ3n) is 5.20. The van der Waals surface area contributed by atoms with Gasteiger partial charge in [0.05, 0.1) is 5.52 Å². The SMILES string of the molecule is BrC(Cc1ccc2ccccc2n1)C1C2CCCCC21. The van der Waals surface area contributed by atoms with Gasteiger partial charge in [-0.1, -0.05) is 53.0 Å². The molecule has 2 heteroatoms. The summed E-state index contributed by atoms with van der Waals surface area (Å²) in [6, 6.07) is 12.8. The van der Waals surface area contributed by atoms with Crippen molar-refractivity contribution in [1.82, 2.24) is 4.98 Å². The van der Waals surface area contributed by atoms with Crippen LogP contribution in [0.2, 0.25) is 0 Å². The van der Waals surface area contributed by atoms with Gasteiger partial charge in [0.1, 0.15) is 0 Å². The van der Waals surface area contributed by atoms with Crippen LogP contribution in [0.25, 0.3) is 10.9 Å². The minimum atomic E-state index is 0.615. The number of hydrogen-bond acceptors (Lipinski definition) is 1. The van der Waals surface area contributed by atoms with Crippen LogP contribution in [0.3, 0.4) is 0 Å². The Kier molecular flexibility index (Phi) is 3.30. The van der Waals surface area contributed by atoms with Gasteiger partial charge in [-0.15, -0.1) is 0 Å². The first-order valence-electron chi connectivity index (χ1n) is 7.82. The highest BCUT2D eigenvalue weighted by molar-refractivity contribution is 9.09. The highest BCUT2D eigenvalue weighted by atomic mass is 79.9. The van der Waals surface area contributed by atoms with Gasteiger partial charge >= 0.3 is 0 Å². The predicted octanol–water partition coefficient (Wildman–Crippen LogP) is 4.98. The summed E-state index contributed by atoms with van der Waals surface area (Å²) in [7, 11) is 0. The minimum Gasteiger partial charge on any atom is -0.253 e. The Morgan fingerprint density at radius 3 is 2.60 bits per heavy atom. The van der Waals surface area contributed by atoms with Gasteiger partial charge in [-0.25, -0.2) is 0 Å². The zero-order valence-corrected chi connectivity index (χ0v) is 13.2. The molecule has 1 heterocycles. The maximum Gasteiger partial charge on any atom is 0.0705 e. The molecule has 104 valence electrons. The van der Waals surface area contributed by atoms with Gasteiger partial charge in [-0.2, -0.15) is 0 Å². The van der Waals surface area contributed by atoms with E-state index >= 15 is 0 Å². The molecule has 1 aromatic heterocycles. The van der Waals surface area contributed by atoms with Crippen LogP contribution in [-0.4, -0.2) is 9.81 Å². The lowest BCUT2D eigenvalue weighted by Crippen LogP contribution is -2.09. The molecule has 3 unspecified atom stereocenters. The van der Waals surface area contributed by atoms with Gasteiger partial charge in [-0.3, -0.25) is 4.98 Å². The molecule has 0 radical (unpaired) electrons. The number of hydrogen-bond donors (Lipinski definition) is 0. The summed E-state index contributed by atoms with van der Waals surface area (Å²) < 4.78 is 0. The minimum absolute atomic E-state index is 0.615. The fourth-order valence-corrected chi connectivity index (χ4v) is 5.26. The molecule has 20 heavy (non-hydrogen) atoms. The van der Waals surface area contributed by atoms with E-state index in [9.17, 15) is 0 Å². The van der Waals surface area contributed by atoms with Crippen LogP contribution >= 0.6 is 15.9 Å². The van der Waals surface area contributed by atoms with Crippen LogP contribution in [0.4, 0.5) is 0 Å². The molecule has 1 nitrogen and oxygen atoms in total. The molecule has 2 saturated carbocycles. The molecule has 1 aromatic carbocycles. The fraction of sp³-hybridized carbons (Fsp3) is 0.500. The summed E-state index contributed by atoms with van der Waals surface area (Å²) >= 11 is 3.96. The number of aromatic nitrogens is 1. The molecule has 0 bridgehead atoms. The molecule has 2 aliphatic rings. The van der Waals surface area contributed by atoms with E-state index in [1.54, 1.807) is 0 Å². The number of benzene rings is 1. The van der Waals surface area contributed by atoms with E-state index in [1.807, 2.05) is 0 Å². The summed E-state index contributed by atoms with van der Waals surface area (Å²) in [5.74, 6) is 2.92. The predicted molar refractivity (Wildman–Crippen MR) is 87.1 cm³/mol. The standard InChI is InChI=1S/C18H20BrN/c19-16(18-14-6-2-3-7-15(14)18)11-13-10-9-12-5-1-4-8-17(12)20-13/h1,4-5,8-10,14-16,18H,2-3,6-7,11H2. The van der Waals surface area contributed by atoms with Gasteiger partial charge in [0, 0.05) is 22.3 Å². The third-order valence-corrected chi connectivity index (χ3v) is 6.13. The summed E-state index contributed by atoms with van der Waals surface area (Å²) in [6.07, 6.45) is 6.89. The second kappa shape index (κ2) is 5.14. The van der Waals surface area contributed by atoms with Crippen molar-refractivity contribution < 1.29 is 0 Å². The van der Waals surface area contributed by atoms with Crippen molar-refractivity contribution in [3.63, 3.8) is 0 Å². The number of rotatable bonds is 3. The van der Waals surface area contributed by atoms with Gasteiger partial charge in [0.2, 0.25) is 0 Å². The second-order valence-electron chi connectivity index (χ2n) is 6.40. The lowest BCUT2D eigenvalue weighted by molar-refractivity contribution is 0.480. The molecule has 0 aliphatic heterocycles. The van der Waals surface area contributed by atoms with Gasteiger partial charge in [0.25, 0.3) is 0 Å². The van der Waals surface area contributed by atoms with Gasteiger partial charge in [0.15, 0.2) is 0 Å². The topological polar surface area (TPSA) is 12.9 Å². The fourth-order valence-electron chi connectivity index (χ4n) is 4.14. The molecule has 4 rings (SSSR count). The summed E-state index contributed by atoms with van der Waals surface area (Å²) in [6.45, 7) is 0. The largest absolute Gasteiger partial charge is 0.253 e. The number of fused-ring (bicyclic) bond motifs is 2. The van der Waals surface area contributed by atoms with Crippen LogP contribution in [0.5, 0.6) is 0 Å². The lowest BCUT2D eigenvalue weighted by atomic mass is 10.0. The van der Waals surface area contributed by atoms with Gasteiger partial charge < -0.3 is 0 Å². The van der Waals surface area contributed by atoms with E-state index in [-0.39, 0.29) is 0 Å². The monoisotopic (exact) mass is 329 g/mol. The number of nitrogens with zero attached hydrogens (tertiary/aromatic N) is 1. The van der Waals surface area contributed by atoms with Crippen LogP contribution in [0.15, 0.2) is 36.4 Å². The molecule has 3 atom stereocenters. The highest BCUT2D eigenvalue weighted by Gasteiger charge is 2.53. The molecular weight excluding hydrogens is 310 g/mol. The summed E-state index contributed by atoms with van der Waals surface area (Å²) in [4.78, 5) is 5.43. The number of para-hydroxylation sites is 1. The summed E-state index contributed by atoms with van der Waals surface area (Å²) in [5.41, 5.74) is 2.35. The van der Waals surface area contributed by atoms with Crippen molar-refractivity contribution in [2.24, 2.45) is 17.8 Å². The normalized spacial score (nSPS) is 29.9. The Morgan fingerprint density at radius 1 is 1.05 bits per heavy atom. The molecule has 2 aromatic rings. The summed E-state index contributed by atoms with van der Waals surface area (Å²) in [5, 5.41) is 1.24. The van der Waals surface area contributed by atoms with Crippen molar-refractivity contribution in [2.75, 3.05) is 0 Å². The molecule has 0 spiro atoms. The first-order chi connectivity index (χ1) is 9.83. The average Bonchev–Trinajstić information content (AvgIpc) is 3.21. The van der Waals surface area contributed by atoms with E-state index in [0.29, 0.717) is 4.83 Å². The van der Waals surface area contributed by atoms with Crippen LogP contribution in [0.1, 0.15) is 31.4 Å². The van der Waals surface area contributed by atoms with E-state index in [4.69, 9.17) is 4.98 Å². The van der Waals surface area contributed by atoms with E-state index in [0.717, 1.165) is 29.7 Å². The number of alkyl halides is 1. The van der Waals surface area contributed by atoms with E-state index in [1.165, 1.54) is 36.8 Å². The van der Waals surface area contributed by atoms with E-state index in [2.05, 4.69) is 52.3 Å². The van der Waals surface area contributed by atoms with E-state index < -0.39 is 0 Å². The average molecular weight is 330 g/mol. The lowest BCUT2D eigenvalue weighted by Gasteiger charge is -2.09. The molecule has 0 saturated heterocycles. The number of halogens is 1. The Bertz CT molecular complexity index is 612. The van der Waals surface area contributed by atoms with Crippen LogP contribution < -0.4 is 0 Å². The zero-order chi connectivity index (χ0) is 13.5. The molecule has 2 fully saturated rings. The maximum atomic E-state index is 4.81. The van der Waals surface area contributed by atoms with Crippen molar-refractivity contribution in [1.29, 1.82) is 0 Å². The Morgan fingerprint density at radius 2 is 1.80 bits per heavy atom.